The van der Waals surface area contributed by atoms with Crippen LogP contribution in [0.5, 0.6) is 0 Å². The van der Waals surface area contributed by atoms with Crippen molar-refractivity contribution in [2.75, 3.05) is 5.32 Å². The van der Waals surface area contributed by atoms with Gasteiger partial charge in [0.05, 0.1) is 0 Å². The molecule has 1 aromatic rings. The van der Waals surface area contributed by atoms with Crippen LogP contribution in [0.1, 0.15) is 12.5 Å². The van der Waals surface area contributed by atoms with Crippen molar-refractivity contribution in [1.82, 2.24) is 4.90 Å². The summed E-state index contributed by atoms with van der Waals surface area (Å²) in [7, 11) is 0. The lowest BCUT2D eigenvalue weighted by molar-refractivity contribution is -0.129. The van der Waals surface area contributed by atoms with E-state index in [1.165, 1.54) is 4.90 Å². The predicted octanol–water partition coefficient (Wildman–Crippen LogP) is 0.986. The summed E-state index contributed by atoms with van der Waals surface area (Å²) < 4.78 is 0. The van der Waals surface area contributed by atoms with Crippen LogP contribution >= 0.6 is 0 Å². The summed E-state index contributed by atoms with van der Waals surface area (Å²) in [5.41, 5.74) is 1.75. The maximum atomic E-state index is 11.6. The number of amides is 2. The van der Waals surface area contributed by atoms with E-state index in [1.807, 2.05) is 24.3 Å². The first-order valence-corrected chi connectivity index (χ1v) is 4.82. The molecule has 2 rings (SSSR count). The second-order valence-corrected chi connectivity index (χ2v) is 3.60. The molecule has 1 aliphatic rings. The Labute approximate surface area is 87.9 Å². The van der Waals surface area contributed by atoms with Gasteiger partial charge in [-0.15, -0.1) is 0 Å². The number of carbonyl (C=O) groups excluding carboxylic acids is 2. The average Bonchev–Trinajstić information content (AvgIpc) is 2.37. The summed E-state index contributed by atoms with van der Waals surface area (Å²) in [5.74, 6) is -0.146. The van der Waals surface area contributed by atoms with Gasteiger partial charge >= 0.3 is 0 Å². The van der Waals surface area contributed by atoms with Gasteiger partial charge in [0.1, 0.15) is 6.04 Å². The molecular formula is C11H12N2O2. The number of fused-ring (bicyclic) bond motifs is 1. The summed E-state index contributed by atoms with van der Waals surface area (Å²) in [6, 6.07) is 7.08. The molecule has 0 saturated carbocycles. The van der Waals surface area contributed by atoms with E-state index in [0.29, 0.717) is 13.0 Å². The van der Waals surface area contributed by atoms with E-state index in [4.69, 9.17) is 0 Å². The van der Waals surface area contributed by atoms with Gasteiger partial charge in [0, 0.05) is 12.2 Å². The Morgan fingerprint density at radius 1 is 1.47 bits per heavy atom. The third kappa shape index (κ3) is 1.70. The third-order valence-electron chi connectivity index (χ3n) is 2.64. The predicted molar refractivity (Wildman–Crippen MR) is 56.1 cm³/mol. The van der Waals surface area contributed by atoms with Gasteiger partial charge < -0.3 is 10.2 Å². The van der Waals surface area contributed by atoms with Crippen molar-refractivity contribution in [3.05, 3.63) is 29.8 Å². The van der Waals surface area contributed by atoms with Crippen LogP contribution in [0.25, 0.3) is 0 Å². The highest BCUT2D eigenvalue weighted by Gasteiger charge is 2.24. The molecule has 1 aromatic carbocycles. The number of benzene rings is 1. The van der Waals surface area contributed by atoms with Crippen molar-refractivity contribution in [1.29, 1.82) is 0 Å². The van der Waals surface area contributed by atoms with E-state index >= 15 is 0 Å². The molecule has 0 spiro atoms. The van der Waals surface area contributed by atoms with Gasteiger partial charge in [0.15, 0.2) is 0 Å². The molecule has 0 aromatic heterocycles. The van der Waals surface area contributed by atoms with Crippen LogP contribution in [0.15, 0.2) is 24.3 Å². The molecular weight excluding hydrogens is 192 g/mol. The Morgan fingerprint density at radius 3 is 2.93 bits per heavy atom. The monoisotopic (exact) mass is 204 g/mol. The number of nitrogens with one attached hydrogen (secondary N) is 1. The second-order valence-electron chi connectivity index (χ2n) is 3.60. The lowest BCUT2D eigenvalue weighted by Gasteiger charge is -2.19. The molecule has 78 valence electrons. The van der Waals surface area contributed by atoms with Crippen LogP contribution in [-0.2, 0) is 16.1 Å². The highest BCUT2D eigenvalue weighted by atomic mass is 16.2. The minimum absolute atomic E-state index is 0.146. The van der Waals surface area contributed by atoms with Crippen molar-refractivity contribution in [2.45, 2.75) is 19.5 Å². The number of carbonyl (C=O) groups is 2. The topological polar surface area (TPSA) is 49.4 Å². The van der Waals surface area contributed by atoms with Crippen LogP contribution in [0.4, 0.5) is 5.69 Å². The molecule has 0 saturated heterocycles. The molecule has 1 atom stereocenters. The van der Waals surface area contributed by atoms with Crippen molar-refractivity contribution < 1.29 is 9.59 Å². The summed E-state index contributed by atoms with van der Waals surface area (Å²) >= 11 is 0. The van der Waals surface area contributed by atoms with E-state index in [-0.39, 0.29) is 5.91 Å². The first-order chi connectivity index (χ1) is 7.22. The van der Waals surface area contributed by atoms with Crippen molar-refractivity contribution in [3.63, 3.8) is 0 Å². The van der Waals surface area contributed by atoms with Gasteiger partial charge in [-0.05, 0) is 18.6 Å². The van der Waals surface area contributed by atoms with Gasteiger partial charge in [-0.2, -0.15) is 0 Å². The van der Waals surface area contributed by atoms with Gasteiger partial charge in [-0.1, -0.05) is 18.2 Å². The fraction of sp³-hybridized carbons (Fsp3) is 0.273. The second kappa shape index (κ2) is 3.73. The van der Waals surface area contributed by atoms with Crippen LogP contribution in [0.3, 0.4) is 0 Å². The van der Waals surface area contributed by atoms with E-state index < -0.39 is 6.04 Å². The largest absolute Gasteiger partial charge is 0.329 e. The molecule has 4 heteroatoms. The minimum atomic E-state index is -0.421. The Hall–Kier alpha value is -1.84. The van der Waals surface area contributed by atoms with E-state index in [9.17, 15) is 9.59 Å². The van der Waals surface area contributed by atoms with Gasteiger partial charge in [0.25, 0.3) is 0 Å². The van der Waals surface area contributed by atoms with Crippen molar-refractivity contribution in [3.8, 4) is 0 Å². The highest BCUT2D eigenvalue weighted by Crippen LogP contribution is 2.21. The summed E-state index contributed by atoms with van der Waals surface area (Å²) in [4.78, 5) is 23.9. The minimum Gasteiger partial charge on any atom is -0.329 e. The number of hydrogen-bond donors (Lipinski definition) is 1. The molecule has 1 heterocycles. The molecule has 0 aliphatic carbocycles. The first-order valence-electron chi connectivity index (χ1n) is 4.82. The Morgan fingerprint density at radius 2 is 2.20 bits per heavy atom. The smallest absolute Gasteiger partial charge is 0.246 e. The molecule has 15 heavy (non-hydrogen) atoms. The van der Waals surface area contributed by atoms with Crippen molar-refractivity contribution >= 4 is 18.0 Å². The lowest BCUT2D eigenvalue weighted by Crippen LogP contribution is -2.38. The average molecular weight is 204 g/mol. The Balaban J connectivity index is 2.41. The fourth-order valence-corrected chi connectivity index (χ4v) is 1.63. The van der Waals surface area contributed by atoms with E-state index in [2.05, 4.69) is 5.32 Å². The van der Waals surface area contributed by atoms with E-state index in [0.717, 1.165) is 11.3 Å². The van der Waals surface area contributed by atoms with E-state index in [1.54, 1.807) is 6.92 Å². The Kier molecular flexibility index (Phi) is 2.41. The van der Waals surface area contributed by atoms with Crippen LogP contribution in [0, 0.1) is 0 Å². The maximum Gasteiger partial charge on any atom is 0.246 e. The van der Waals surface area contributed by atoms with Crippen LogP contribution in [-0.4, -0.2) is 23.3 Å². The van der Waals surface area contributed by atoms with Gasteiger partial charge in [0.2, 0.25) is 12.3 Å². The number of rotatable bonds is 1. The molecule has 1 N–H and O–H groups in total. The van der Waals surface area contributed by atoms with Crippen LogP contribution in [0.2, 0.25) is 0 Å². The molecule has 1 unspecified atom stereocenters. The lowest BCUT2D eigenvalue weighted by atomic mass is 10.2. The number of hydrogen-bond acceptors (Lipinski definition) is 2. The third-order valence-corrected chi connectivity index (χ3v) is 2.64. The molecule has 2 amide bonds. The first kappa shape index (κ1) is 9.71. The quantitative estimate of drug-likeness (QED) is 0.693. The standard InChI is InChI=1S/C11H12N2O2/c1-8-11(15)12-10-5-3-2-4-9(10)6-13(8)7-14/h2-5,7-8H,6H2,1H3,(H,12,15). The summed E-state index contributed by atoms with van der Waals surface area (Å²) in [6.45, 7) is 2.19. The number of para-hydroxylation sites is 1. The molecule has 0 bridgehead atoms. The SMILES string of the molecule is CC1C(=O)Nc2ccccc2CN1C=O. The molecule has 1 aliphatic heterocycles. The molecule has 0 fully saturated rings. The summed E-state index contributed by atoms with van der Waals surface area (Å²) in [6.07, 6.45) is 0.715. The fourth-order valence-electron chi connectivity index (χ4n) is 1.63. The number of anilines is 1. The maximum absolute atomic E-state index is 11.6. The van der Waals surface area contributed by atoms with Crippen LogP contribution < -0.4 is 5.32 Å². The van der Waals surface area contributed by atoms with Gasteiger partial charge in [-0.25, -0.2) is 0 Å². The number of nitrogens with zero attached hydrogens (tertiary/aromatic N) is 1. The van der Waals surface area contributed by atoms with Gasteiger partial charge in [-0.3, -0.25) is 9.59 Å². The summed E-state index contributed by atoms with van der Waals surface area (Å²) in [5, 5.41) is 2.80. The van der Waals surface area contributed by atoms with Crippen molar-refractivity contribution in [2.24, 2.45) is 0 Å². The molecule has 4 nitrogen and oxygen atoms in total. The zero-order chi connectivity index (χ0) is 10.8. The zero-order valence-corrected chi connectivity index (χ0v) is 8.43. The zero-order valence-electron chi connectivity index (χ0n) is 8.43. The normalized spacial score (nSPS) is 20.2. The highest BCUT2D eigenvalue weighted by molar-refractivity contribution is 5.97. The Bertz CT molecular complexity index is 403. The molecule has 0 radical (unpaired) electrons.